The van der Waals surface area contributed by atoms with Crippen molar-refractivity contribution >= 4 is 60.3 Å². The number of anilines is 3. The quantitative estimate of drug-likeness (QED) is 0.0230. The third-order valence-electron chi connectivity index (χ3n) is 14.1. The molecule has 420 valence electrons. The Balaban J connectivity index is 1.42. The molecule has 3 aliphatic rings. The maximum absolute atomic E-state index is 15.7. The Morgan fingerprint density at radius 1 is 0.684 bits per heavy atom. The number of unbranched alkanes of at least 4 members (excludes halogenated alkanes) is 13. The summed E-state index contributed by atoms with van der Waals surface area (Å²) in [5.41, 5.74) is 2.23. The lowest BCUT2D eigenvalue weighted by Gasteiger charge is -2.27. The number of sulfonamides is 1. The van der Waals surface area contributed by atoms with Crippen LogP contribution in [0.5, 0.6) is 0 Å². The molecular weight excluding hydrogens is 1030 g/mol. The molecule has 20 heteroatoms. The van der Waals surface area contributed by atoms with Gasteiger partial charge in [-0.2, -0.15) is 23.4 Å². The van der Waals surface area contributed by atoms with Crippen LogP contribution in [0, 0.1) is 0 Å². The molecule has 0 radical (unpaired) electrons. The summed E-state index contributed by atoms with van der Waals surface area (Å²) in [5.74, 6) is 0.243. The number of hydrogen-bond donors (Lipinski definition) is 2. The van der Waals surface area contributed by atoms with Crippen molar-refractivity contribution in [2.75, 3.05) is 113 Å². The second-order valence-corrected chi connectivity index (χ2v) is 22.8. The molecule has 2 aromatic carbocycles. The van der Waals surface area contributed by atoms with Crippen molar-refractivity contribution in [2.24, 2.45) is 0 Å². The van der Waals surface area contributed by atoms with E-state index in [0.717, 1.165) is 67.2 Å². The summed E-state index contributed by atoms with van der Waals surface area (Å²) < 4.78 is 98.4. The number of benzene rings is 3. The summed E-state index contributed by atoms with van der Waals surface area (Å²) in [6.07, 6.45) is 15.4. The fourth-order valence-corrected chi connectivity index (χ4v) is 12.9. The molecule has 2 aliphatic heterocycles. The van der Waals surface area contributed by atoms with Crippen molar-refractivity contribution in [3.8, 4) is 22.5 Å². The molecule has 2 N–H and O–H groups in total. The lowest BCUT2D eigenvalue weighted by molar-refractivity contribution is 0.0515. The molecule has 6 rings (SSSR count). The van der Waals surface area contributed by atoms with E-state index in [0.29, 0.717) is 99.9 Å². The summed E-state index contributed by atoms with van der Waals surface area (Å²) in [4.78, 5) is 16.2. The van der Waals surface area contributed by atoms with Gasteiger partial charge in [-0.1, -0.05) is 103 Å². The van der Waals surface area contributed by atoms with Gasteiger partial charge in [0.25, 0.3) is 20.1 Å². The molecule has 0 bridgehead atoms. The monoisotopic (exact) mass is 1110 g/mol. The van der Waals surface area contributed by atoms with Crippen LogP contribution in [0.4, 0.5) is 17.6 Å². The number of nitrogens with one attached hydrogen (secondary N) is 1. The summed E-state index contributed by atoms with van der Waals surface area (Å²) in [6, 6.07) is 15.6. The molecule has 76 heavy (non-hydrogen) atoms. The Bertz CT molecular complexity index is 2830. The Hall–Kier alpha value is -4.47. The zero-order valence-corrected chi connectivity index (χ0v) is 48.1. The molecule has 3 aromatic rings. The number of rotatable bonds is 26. The van der Waals surface area contributed by atoms with Crippen molar-refractivity contribution in [1.82, 2.24) is 24.8 Å². The van der Waals surface area contributed by atoms with E-state index in [1.54, 1.807) is 4.90 Å². The second-order valence-electron chi connectivity index (χ2n) is 19.2. The van der Waals surface area contributed by atoms with Crippen LogP contribution in [-0.2, 0) is 34.4 Å². The highest BCUT2D eigenvalue weighted by Gasteiger charge is 2.37. The Kier molecular flexibility index (Phi) is 24.9. The SMILES string of the molecule is CCCCCCCCCCCCCCCCN(c1nc(Cl)nc(N2CCOCCNCCOCCOCC2)n1)S(=O)(=O)c1cccc(-c2c3ccc(=[N+](CC)CC)cc-3oc3cc(N(CC)CC)ccc23)c1S(=O)(=O)O. The zero-order valence-electron chi connectivity index (χ0n) is 45.7. The van der Waals surface area contributed by atoms with E-state index in [9.17, 15) is 13.0 Å². The maximum Gasteiger partial charge on any atom is 0.296 e. The van der Waals surface area contributed by atoms with Gasteiger partial charge in [-0.3, -0.25) is 4.55 Å². The van der Waals surface area contributed by atoms with Crippen molar-refractivity contribution in [2.45, 2.75) is 134 Å². The van der Waals surface area contributed by atoms with E-state index in [2.05, 4.69) is 59.4 Å². The number of nitrogens with zero attached hydrogens (tertiary/aromatic N) is 7. The van der Waals surface area contributed by atoms with E-state index in [4.69, 9.17) is 35.2 Å². The van der Waals surface area contributed by atoms with Gasteiger partial charge in [0, 0.05) is 85.7 Å². The van der Waals surface area contributed by atoms with Gasteiger partial charge in [-0.25, -0.2) is 17.3 Å². The summed E-state index contributed by atoms with van der Waals surface area (Å²) in [7, 11) is -10.2. The van der Waals surface area contributed by atoms with E-state index in [1.165, 1.54) is 69.6 Å². The Morgan fingerprint density at radius 2 is 1.29 bits per heavy atom. The summed E-state index contributed by atoms with van der Waals surface area (Å²) in [5, 5.41) is 4.44. The first-order chi connectivity index (χ1) is 36.9. The van der Waals surface area contributed by atoms with Gasteiger partial charge in [0.2, 0.25) is 22.5 Å². The van der Waals surface area contributed by atoms with E-state index in [-0.39, 0.29) is 35.9 Å². The van der Waals surface area contributed by atoms with Gasteiger partial charge in [0.1, 0.15) is 34.2 Å². The number of ether oxygens (including phenoxy) is 3. The first kappa shape index (κ1) is 60.8. The van der Waals surface area contributed by atoms with Crippen LogP contribution in [0.15, 0.2) is 68.8 Å². The molecule has 3 heterocycles. The van der Waals surface area contributed by atoms with Crippen molar-refractivity contribution in [3.05, 3.63) is 65.2 Å². The van der Waals surface area contributed by atoms with Crippen LogP contribution >= 0.6 is 11.6 Å². The van der Waals surface area contributed by atoms with Crippen LogP contribution in [0.2, 0.25) is 5.28 Å². The predicted molar refractivity (Wildman–Crippen MR) is 305 cm³/mol. The van der Waals surface area contributed by atoms with E-state index >= 15 is 8.42 Å². The van der Waals surface area contributed by atoms with Crippen molar-refractivity contribution in [3.63, 3.8) is 0 Å². The third kappa shape index (κ3) is 17.0. The molecule has 1 aliphatic carbocycles. The van der Waals surface area contributed by atoms with E-state index < -0.39 is 29.9 Å². The van der Waals surface area contributed by atoms with Crippen LogP contribution in [0.3, 0.4) is 0 Å². The topological polar surface area (TPSA) is 193 Å². The molecule has 0 atom stereocenters. The van der Waals surface area contributed by atoms with Gasteiger partial charge < -0.3 is 33.7 Å². The van der Waals surface area contributed by atoms with Crippen LogP contribution in [-0.4, -0.2) is 135 Å². The van der Waals surface area contributed by atoms with Gasteiger partial charge in [0.05, 0.1) is 45.7 Å². The predicted octanol–water partition coefficient (Wildman–Crippen LogP) is 10.1. The highest BCUT2D eigenvalue weighted by atomic mass is 35.5. The summed E-state index contributed by atoms with van der Waals surface area (Å²) in [6.45, 7) is 17.6. The molecule has 1 fully saturated rings. The van der Waals surface area contributed by atoms with E-state index in [1.807, 2.05) is 36.4 Å². The first-order valence-corrected chi connectivity index (χ1v) is 31.2. The van der Waals surface area contributed by atoms with Crippen LogP contribution in [0.25, 0.3) is 33.4 Å². The van der Waals surface area contributed by atoms with Gasteiger partial charge in [0.15, 0.2) is 0 Å². The molecule has 0 unspecified atom stereocenters. The normalized spacial score (nSPS) is 14.7. The Labute approximate surface area is 457 Å². The maximum atomic E-state index is 15.7. The van der Waals surface area contributed by atoms with Crippen LogP contribution < -0.4 is 29.4 Å². The van der Waals surface area contributed by atoms with Crippen molar-refractivity contribution < 1.29 is 40.0 Å². The Morgan fingerprint density at radius 3 is 1.89 bits per heavy atom. The minimum atomic E-state index is -5.30. The lowest BCUT2D eigenvalue weighted by Crippen LogP contribution is -2.37. The number of fused-ring (bicyclic) bond motifs is 2. The number of aromatic nitrogens is 3. The summed E-state index contributed by atoms with van der Waals surface area (Å²) >= 11 is 6.71. The highest BCUT2D eigenvalue weighted by molar-refractivity contribution is 7.94. The molecule has 0 saturated carbocycles. The molecule has 17 nitrogen and oxygen atoms in total. The number of hydrogen-bond acceptors (Lipinski definition) is 14. The highest BCUT2D eigenvalue weighted by Crippen LogP contribution is 2.45. The fourth-order valence-electron chi connectivity index (χ4n) is 9.89. The average Bonchev–Trinajstić information content (AvgIpc) is 3.47. The smallest absolute Gasteiger partial charge is 0.296 e. The molecular formula is C56H84ClN8O9S2+. The minimum Gasteiger partial charge on any atom is -0.456 e. The standard InChI is InChI=1S/C56H83ClN8O9S2/c1-6-11-12-13-14-15-16-17-18-19-20-21-22-23-33-65(56-60-54(57)59-55(61-56)64-34-38-71-36-31-58-32-37-72-40-41-73-39-35-64)75(66,67)51-26-24-25-48(53(51)76(68,69)70)52-46-29-27-44(62(7-2)8-3)42-49(46)74-50-43-45(28-30-47(50)52)63(9-4)10-5/h24-30,42-43,58H,6-23,31-41H2,1-5H3/p+1. The minimum absolute atomic E-state index is 0.0199. The average molecular weight is 1110 g/mol. The van der Waals surface area contributed by atoms with Gasteiger partial charge >= 0.3 is 0 Å². The molecule has 1 saturated heterocycles. The fraction of sp³-hybridized carbons (Fsp3) is 0.607. The number of halogens is 1. The lowest BCUT2D eigenvalue weighted by atomic mass is 9.93. The third-order valence-corrected chi connectivity index (χ3v) is 17.1. The zero-order chi connectivity index (χ0) is 54.3. The van der Waals surface area contributed by atoms with Gasteiger partial charge in [-0.05, 0) is 70.0 Å². The molecule has 1 aromatic heterocycles. The largest absolute Gasteiger partial charge is 0.456 e. The van der Waals surface area contributed by atoms with Gasteiger partial charge in [-0.15, -0.1) is 0 Å². The van der Waals surface area contributed by atoms with Crippen LogP contribution in [0.1, 0.15) is 125 Å². The second kappa shape index (κ2) is 31.2. The van der Waals surface area contributed by atoms with Crippen molar-refractivity contribution in [1.29, 1.82) is 0 Å². The molecule has 0 amide bonds. The first-order valence-electron chi connectivity index (χ1n) is 27.9. The molecule has 0 spiro atoms.